The highest BCUT2D eigenvalue weighted by molar-refractivity contribution is 5.10. The zero-order chi connectivity index (χ0) is 12.1. The Labute approximate surface area is 99.2 Å². The van der Waals surface area contributed by atoms with E-state index in [9.17, 15) is 5.11 Å². The highest BCUT2D eigenvalue weighted by Crippen LogP contribution is 1.97. The third-order valence-electron chi connectivity index (χ3n) is 1.91. The fraction of sp³-hybridized carbons (Fsp3) is 0.333. The van der Waals surface area contributed by atoms with Crippen molar-refractivity contribution in [1.82, 2.24) is 0 Å². The zero-order valence-corrected chi connectivity index (χ0v) is 10.0. The largest absolute Gasteiger partial charge is 0.389 e. The fourth-order valence-corrected chi connectivity index (χ4v) is 1.09. The van der Waals surface area contributed by atoms with E-state index in [1.165, 1.54) is 0 Å². The Morgan fingerprint density at radius 1 is 1.06 bits per heavy atom. The van der Waals surface area contributed by atoms with E-state index in [1.54, 1.807) is 12.2 Å². The molecule has 0 radical (unpaired) electrons. The van der Waals surface area contributed by atoms with Crippen molar-refractivity contribution in [1.29, 1.82) is 0 Å². The summed E-state index contributed by atoms with van der Waals surface area (Å²) in [7, 11) is 0. The van der Waals surface area contributed by atoms with E-state index in [4.69, 9.17) is 0 Å². The van der Waals surface area contributed by atoms with Crippen molar-refractivity contribution >= 4 is 0 Å². The highest BCUT2D eigenvalue weighted by atomic mass is 16.3. The Morgan fingerprint density at radius 2 is 1.81 bits per heavy atom. The lowest BCUT2D eigenvalue weighted by Crippen LogP contribution is -1.98. The van der Waals surface area contributed by atoms with E-state index in [2.05, 4.69) is 31.7 Å². The molecule has 0 aromatic heterocycles. The SMILES string of the molecule is C=C/C=C/C=C\[C@@H](O)C/C=C\C/C=C\CC. The summed E-state index contributed by atoms with van der Waals surface area (Å²) in [6.07, 6.45) is 19.6. The van der Waals surface area contributed by atoms with Gasteiger partial charge in [0.05, 0.1) is 6.10 Å². The first-order chi connectivity index (χ1) is 7.81. The van der Waals surface area contributed by atoms with E-state index < -0.39 is 6.10 Å². The minimum Gasteiger partial charge on any atom is -0.389 e. The Kier molecular flexibility index (Phi) is 10.8. The predicted molar refractivity (Wildman–Crippen MR) is 72.3 cm³/mol. The lowest BCUT2D eigenvalue weighted by atomic mass is 10.2. The number of aliphatic hydroxyl groups is 1. The van der Waals surface area contributed by atoms with E-state index in [0.717, 1.165) is 12.8 Å². The van der Waals surface area contributed by atoms with Gasteiger partial charge in [-0.05, 0) is 19.3 Å². The number of allylic oxidation sites excluding steroid dienone is 7. The molecule has 0 rings (SSSR count). The average molecular weight is 218 g/mol. The third-order valence-corrected chi connectivity index (χ3v) is 1.91. The maximum absolute atomic E-state index is 9.54. The minimum atomic E-state index is -0.402. The number of aliphatic hydroxyl groups excluding tert-OH is 1. The minimum absolute atomic E-state index is 0.402. The van der Waals surface area contributed by atoms with Crippen LogP contribution in [-0.2, 0) is 0 Å². The molecule has 1 N–H and O–H groups in total. The molecule has 0 aliphatic carbocycles. The van der Waals surface area contributed by atoms with Gasteiger partial charge in [0, 0.05) is 0 Å². The quantitative estimate of drug-likeness (QED) is 0.483. The molecule has 0 heterocycles. The summed E-state index contributed by atoms with van der Waals surface area (Å²) in [5, 5.41) is 9.54. The van der Waals surface area contributed by atoms with Crippen LogP contribution in [0.5, 0.6) is 0 Å². The second-order valence-corrected chi connectivity index (χ2v) is 3.40. The van der Waals surface area contributed by atoms with E-state index >= 15 is 0 Å². The fourth-order valence-electron chi connectivity index (χ4n) is 1.09. The van der Waals surface area contributed by atoms with Gasteiger partial charge in [0.25, 0.3) is 0 Å². The average Bonchev–Trinajstić information content (AvgIpc) is 2.29. The first-order valence-corrected chi connectivity index (χ1v) is 5.75. The summed E-state index contributed by atoms with van der Waals surface area (Å²) in [6.45, 7) is 5.68. The van der Waals surface area contributed by atoms with E-state index in [1.807, 2.05) is 24.3 Å². The maximum Gasteiger partial charge on any atom is 0.0758 e. The molecule has 0 amide bonds. The van der Waals surface area contributed by atoms with Gasteiger partial charge in [-0.15, -0.1) is 0 Å². The summed E-state index contributed by atoms with van der Waals surface area (Å²) >= 11 is 0. The maximum atomic E-state index is 9.54. The molecule has 0 aromatic carbocycles. The van der Waals surface area contributed by atoms with Gasteiger partial charge >= 0.3 is 0 Å². The van der Waals surface area contributed by atoms with Crippen LogP contribution < -0.4 is 0 Å². The van der Waals surface area contributed by atoms with Gasteiger partial charge in [0.15, 0.2) is 0 Å². The molecule has 1 nitrogen and oxygen atoms in total. The lowest BCUT2D eigenvalue weighted by Gasteiger charge is -1.98. The van der Waals surface area contributed by atoms with Crippen molar-refractivity contribution in [3.63, 3.8) is 0 Å². The van der Waals surface area contributed by atoms with Gasteiger partial charge in [0.1, 0.15) is 0 Å². The molecule has 0 aliphatic heterocycles. The van der Waals surface area contributed by atoms with Crippen molar-refractivity contribution < 1.29 is 5.11 Å². The molecule has 0 fully saturated rings. The second-order valence-electron chi connectivity index (χ2n) is 3.40. The van der Waals surface area contributed by atoms with Crippen LogP contribution in [0.4, 0.5) is 0 Å². The highest BCUT2D eigenvalue weighted by Gasteiger charge is 1.92. The van der Waals surface area contributed by atoms with Crippen LogP contribution in [0.15, 0.2) is 61.3 Å². The van der Waals surface area contributed by atoms with Crippen molar-refractivity contribution in [2.75, 3.05) is 0 Å². The molecule has 0 aromatic rings. The van der Waals surface area contributed by atoms with Crippen molar-refractivity contribution in [3.05, 3.63) is 61.3 Å². The smallest absolute Gasteiger partial charge is 0.0758 e. The number of hydrogen-bond acceptors (Lipinski definition) is 1. The normalized spacial score (nSPS) is 14.6. The van der Waals surface area contributed by atoms with Gasteiger partial charge in [-0.1, -0.05) is 68.2 Å². The van der Waals surface area contributed by atoms with Crippen molar-refractivity contribution in [2.45, 2.75) is 32.3 Å². The Morgan fingerprint density at radius 3 is 2.50 bits per heavy atom. The van der Waals surface area contributed by atoms with Crippen LogP contribution in [0.2, 0.25) is 0 Å². The van der Waals surface area contributed by atoms with Gasteiger partial charge in [0.2, 0.25) is 0 Å². The van der Waals surface area contributed by atoms with Crippen LogP contribution in [-0.4, -0.2) is 11.2 Å². The summed E-state index contributed by atoms with van der Waals surface area (Å²) in [5.41, 5.74) is 0. The van der Waals surface area contributed by atoms with E-state index in [-0.39, 0.29) is 0 Å². The van der Waals surface area contributed by atoms with E-state index in [0.29, 0.717) is 6.42 Å². The molecule has 0 aliphatic rings. The predicted octanol–water partition coefficient (Wildman–Crippen LogP) is 3.95. The molecule has 1 heteroatoms. The monoisotopic (exact) mass is 218 g/mol. The van der Waals surface area contributed by atoms with Gasteiger partial charge < -0.3 is 5.11 Å². The molecule has 0 unspecified atom stereocenters. The van der Waals surface area contributed by atoms with Crippen LogP contribution in [0.25, 0.3) is 0 Å². The Hall–Kier alpha value is -1.34. The summed E-state index contributed by atoms with van der Waals surface area (Å²) in [4.78, 5) is 0. The molecule has 0 bridgehead atoms. The Balaban J connectivity index is 3.67. The van der Waals surface area contributed by atoms with Crippen LogP contribution in [0.3, 0.4) is 0 Å². The first kappa shape index (κ1) is 14.7. The third kappa shape index (κ3) is 10.7. The summed E-state index contributed by atoms with van der Waals surface area (Å²) in [6, 6.07) is 0. The molecular weight excluding hydrogens is 196 g/mol. The number of hydrogen-bond donors (Lipinski definition) is 1. The van der Waals surface area contributed by atoms with Gasteiger partial charge in [-0.25, -0.2) is 0 Å². The number of rotatable bonds is 8. The molecule has 0 saturated heterocycles. The Bertz CT molecular complexity index is 269. The topological polar surface area (TPSA) is 20.2 Å². The van der Waals surface area contributed by atoms with Crippen LogP contribution in [0.1, 0.15) is 26.2 Å². The molecule has 88 valence electrons. The lowest BCUT2D eigenvalue weighted by molar-refractivity contribution is 0.227. The molecule has 1 atom stereocenters. The van der Waals surface area contributed by atoms with Gasteiger partial charge in [-0.2, -0.15) is 0 Å². The summed E-state index contributed by atoms with van der Waals surface area (Å²) < 4.78 is 0. The first-order valence-electron chi connectivity index (χ1n) is 5.75. The van der Waals surface area contributed by atoms with Crippen LogP contribution in [0, 0.1) is 0 Å². The van der Waals surface area contributed by atoms with Crippen LogP contribution >= 0.6 is 0 Å². The van der Waals surface area contributed by atoms with Gasteiger partial charge in [-0.3, -0.25) is 0 Å². The van der Waals surface area contributed by atoms with Crippen molar-refractivity contribution in [2.24, 2.45) is 0 Å². The second kappa shape index (κ2) is 11.7. The van der Waals surface area contributed by atoms with Crippen molar-refractivity contribution in [3.8, 4) is 0 Å². The molecule has 16 heavy (non-hydrogen) atoms. The zero-order valence-electron chi connectivity index (χ0n) is 10.0. The summed E-state index contributed by atoms with van der Waals surface area (Å²) in [5.74, 6) is 0. The standard InChI is InChI=1S/C15H22O/c1-3-5-7-9-10-12-14-15(16)13-11-8-6-4-2/h4-8,10-13,15-16H,2-3,9,14H2,1H3/b7-5-,8-6+,12-10-,13-11-/t15-/m1/s1. The molecular formula is C15H22O. The molecule has 0 saturated carbocycles. The molecule has 0 spiro atoms.